The summed E-state index contributed by atoms with van der Waals surface area (Å²) < 4.78 is 25.9. The van der Waals surface area contributed by atoms with Gasteiger partial charge < -0.3 is 24.2 Å². The van der Waals surface area contributed by atoms with Gasteiger partial charge >= 0.3 is 12.1 Å². The maximum absolute atomic E-state index is 15.3. The van der Waals surface area contributed by atoms with Gasteiger partial charge in [-0.2, -0.15) is 0 Å². The average Bonchev–Trinajstić information content (AvgIpc) is 3.58. The molecule has 186 valence electrons. The second-order valence-electron chi connectivity index (χ2n) is 10.2. The SMILES string of the molecule is CCOC(=O)[C@H]1C(=O)c2cc(F)c(N3CCN(C(=O)OC(C)(C)C)CC3)cc2N(C2CC2)[C@H]1C. The van der Waals surface area contributed by atoms with Gasteiger partial charge in [0.25, 0.3) is 0 Å². The summed E-state index contributed by atoms with van der Waals surface area (Å²) in [5.74, 6) is -2.42. The van der Waals surface area contributed by atoms with Crippen LogP contribution >= 0.6 is 0 Å². The monoisotopic (exact) mass is 475 g/mol. The molecule has 34 heavy (non-hydrogen) atoms. The van der Waals surface area contributed by atoms with Gasteiger partial charge in [0.05, 0.1) is 18.0 Å². The molecule has 8 nitrogen and oxygen atoms in total. The number of piperazine rings is 1. The van der Waals surface area contributed by atoms with E-state index in [1.165, 1.54) is 6.07 Å². The summed E-state index contributed by atoms with van der Waals surface area (Å²) in [6, 6.07) is 2.86. The summed E-state index contributed by atoms with van der Waals surface area (Å²) in [6.07, 6.45) is 1.56. The Hall–Kier alpha value is -2.84. The van der Waals surface area contributed by atoms with Crippen LogP contribution in [0, 0.1) is 11.7 Å². The molecule has 1 aromatic carbocycles. The van der Waals surface area contributed by atoms with Gasteiger partial charge in [0.2, 0.25) is 0 Å². The lowest BCUT2D eigenvalue weighted by Crippen LogP contribution is -2.52. The van der Waals surface area contributed by atoms with Crippen LogP contribution in [0.3, 0.4) is 0 Å². The molecule has 0 N–H and O–H groups in total. The molecular formula is C25H34FN3O5. The Morgan fingerprint density at radius 1 is 1.09 bits per heavy atom. The lowest BCUT2D eigenvalue weighted by atomic mass is 9.84. The number of hydrogen-bond donors (Lipinski definition) is 0. The van der Waals surface area contributed by atoms with Gasteiger partial charge in [-0.05, 0) is 59.6 Å². The maximum atomic E-state index is 15.3. The molecule has 2 atom stereocenters. The van der Waals surface area contributed by atoms with Crippen molar-refractivity contribution < 1.29 is 28.2 Å². The average molecular weight is 476 g/mol. The number of nitrogens with zero attached hydrogens (tertiary/aromatic N) is 3. The molecule has 0 radical (unpaired) electrons. The van der Waals surface area contributed by atoms with Crippen LogP contribution < -0.4 is 9.80 Å². The van der Waals surface area contributed by atoms with E-state index >= 15 is 4.39 Å². The predicted molar refractivity (Wildman–Crippen MR) is 126 cm³/mol. The standard InChI is InChI=1S/C25H34FN3O5/c1-6-33-23(31)21-15(2)29(16-7-8-16)19-14-20(18(26)13-17(19)22(21)30)27-9-11-28(12-10-27)24(32)34-25(3,4)5/h13-16,21H,6-12H2,1-5H3/t15-,21+/m0/s1. The topological polar surface area (TPSA) is 79.4 Å². The van der Waals surface area contributed by atoms with Gasteiger partial charge in [-0.25, -0.2) is 9.18 Å². The number of carbonyl (C=O) groups is 3. The summed E-state index contributed by atoms with van der Waals surface area (Å²) in [6.45, 7) is 11.0. The Kier molecular flexibility index (Phi) is 6.48. The fourth-order valence-corrected chi connectivity index (χ4v) is 4.85. The molecule has 2 fully saturated rings. The van der Waals surface area contributed by atoms with E-state index in [1.54, 1.807) is 17.9 Å². The number of esters is 1. The van der Waals surface area contributed by atoms with Crippen molar-refractivity contribution in [2.75, 3.05) is 42.6 Å². The summed E-state index contributed by atoms with van der Waals surface area (Å²) in [5.41, 5.74) is 0.737. The number of halogens is 1. The molecular weight excluding hydrogens is 441 g/mol. The number of Topliss-reactive ketones (excluding diaryl/α,β-unsaturated/α-hetero) is 1. The molecule has 0 bridgehead atoms. The Morgan fingerprint density at radius 2 is 1.74 bits per heavy atom. The van der Waals surface area contributed by atoms with Crippen LogP contribution in [0.1, 0.15) is 57.8 Å². The number of benzene rings is 1. The van der Waals surface area contributed by atoms with E-state index in [4.69, 9.17) is 9.47 Å². The van der Waals surface area contributed by atoms with Crippen molar-refractivity contribution >= 4 is 29.2 Å². The smallest absolute Gasteiger partial charge is 0.410 e. The highest BCUT2D eigenvalue weighted by molar-refractivity contribution is 6.14. The zero-order chi connectivity index (χ0) is 24.8. The highest BCUT2D eigenvalue weighted by Gasteiger charge is 2.48. The maximum Gasteiger partial charge on any atom is 0.410 e. The van der Waals surface area contributed by atoms with Crippen molar-refractivity contribution in [1.29, 1.82) is 0 Å². The first-order valence-corrected chi connectivity index (χ1v) is 12.1. The van der Waals surface area contributed by atoms with Crippen molar-refractivity contribution in [1.82, 2.24) is 4.90 Å². The van der Waals surface area contributed by atoms with E-state index in [-0.39, 0.29) is 30.3 Å². The number of rotatable bonds is 4. The zero-order valence-electron chi connectivity index (χ0n) is 20.6. The number of amides is 1. The van der Waals surface area contributed by atoms with Crippen LogP contribution in [-0.2, 0) is 14.3 Å². The Labute approximate surface area is 200 Å². The van der Waals surface area contributed by atoms with E-state index in [0.29, 0.717) is 37.6 Å². The van der Waals surface area contributed by atoms with E-state index in [1.807, 2.05) is 32.6 Å². The molecule has 0 aromatic heterocycles. The zero-order valence-corrected chi connectivity index (χ0v) is 20.6. The highest BCUT2D eigenvalue weighted by Crippen LogP contribution is 2.44. The third-order valence-corrected chi connectivity index (χ3v) is 6.57. The Morgan fingerprint density at radius 3 is 2.29 bits per heavy atom. The Bertz CT molecular complexity index is 979. The van der Waals surface area contributed by atoms with Crippen molar-refractivity contribution in [3.8, 4) is 0 Å². The molecule has 1 aliphatic carbocycles. The lowest BCUT2D eigenvalue weighted by molar-refractivity contribution is -0.146. The largest absolute Gasteiger partial charge is 0.465 e. The second kappa shape index (κ2) is 9.07. The van der Waals surface area contributed by atoms with E-state index in [2.05, 4.69) is 4.90 Å². The number of anilines is 2. The molecule has 4 rings (SSSR count). The fourth-order valence-electron chi connectivity index (χ4n) is 4.85. The number of fused-ring (bicyclic) bond motifs is 1. The van der Waals surface area contributed by atoms with Crippen molar-refractivity contribution in [3.05, 3.63) is 23.5 Å². The van der Waals surface area contributed by atoms with E-state index in [0.717, 1.165) is 12.8 Å². The first kappa shape index (κ1) is 24.3. The van der Waals surface area contributed by atoms with Gasteiger partial charge in [-0.15, -0.1) is 0 Å². The van der Waals surface area contributed by atoms with Gasteiger partial charge in [0.1, 0.15) is 17.3 Å². The predicted octanol–water partition coefficient (Wildman–Crippen LogP) is 3.62. The summed E-state index contributed by atoms with van der Waals surface area (Å²) in [7, 11) is 0. The molecule has 1 amide bonds. The lowest BCUT2D eigenvalue weighted by Gasteiger charge is -2.42. The van der Waals surface area contributed by atoms with Gasteiger partial charge in [-0.1, -0.05) is 0 Å². The quantitative estimate of drug-likeness (QED) is 0.486. The minimum Gasteiger partial charge on any atom is -0.465 e. The molecule has 2 heterocycles. The normalized spacial score (nSPS) is 23.0. The van der Waals surface area contributed by atoms with Crippen LogP contribution in [0.4, 0.5) is 20.6 Å². The minimum atomic E-state index is -0.962. The number of carbonyl (C=O) groups excluding carboxylic acids is 3. The molecule has 0 unspecified atom stereocenters. The van der Waals surface area contributed by atoms with E-state index < -0.39 is 29.1 Å². The highest BCUT2D eigenvalue weighted by atomic mass is 19.1. The molecule has 3 aliphatic rings. The number of ketones is 1. The van der Waals surface area contributed by atoms with Crippen LogP contribution in [0.5, 0.6) is 0 Å². The first-order valence-electron chi connectivity index (χ1n) is 12.1. The van der Waals surface area contributed by atoms with Crippen LogP contribution in [0.15, 0.2) is 12.1 Å². The molecule has 1 aromatic rings. The molecule has 0 spiro atoms. The Balaban J connectivity index is 1.58. The van der Waals surface area contributed by atoms with Crippen LogP contribution in [0.2, 0.25) is 0 Å². The van der Waals surface area contributed by atoms with Crippen LogP contribution in [-0.4, -0.2) is 73.2 Å². The van der Waals surface area contributed by atoms with Crippen molar-refractivity contribution in [2.45, 2.75) is 65.1 Å². The molecule has 2 aliphatic heterocycles. The fraction of sp³-hybridized carbons (Fsp3) is 0.640. The van der Waals surface area contributed by atoms with Gasteiger partial charge in [0.15, 0.2) is 5.78 Å². The first-order chi connectivity index (χ1) is 16.0. The summed E-state index contributed by atoms with van der Waals surface area (Å²) in [4.78, 5) is 43.8. The van der Waals surface area contributed by atoms with Gasteiger partial charge in [0, 0.05) is 43.8 Å². The second-order valence-corrected chi connectivity index (χ2v) is 10.2. The molecule has 1 saturated carbocycles. The number of hydrogen-bond acceptors (Lipinski definition) is 7. The number of ether oxygens (including phenoxy) is 2. The third kappa shape index (κ3) is 4.70. The van der Waals surface area contributed by atoms with E-state index in [9.17, 15) is 14.4 Å². The van der Waals surface area contributed by atoms with Crippen molar-refractivity contribution in [3.63, 3.8) is 0 Å². The van der Waals surface area contributed by atoms with Crippen molar-refractivity contribution in [2.24, 2.45) is 5.92 Å². The minimum absolute atomic E-state index is 0.189. The summed E-state index contributed by atoms with van der Waals surface area (Å²) in [5, 5.41) is 0. The van der Waals surface area contributed by atoms with Gasteiger partial charge in [-0.3, -0.25) is 9.59 Å². The summed E-state index contributed by atoms with van der Waals surface area (Å²) >= 11 is 0. The third-order valence-electron chi connectivity index (χ3n) is 6.57. The molecule has 1 saturated heterocycles. The van der Waals surface area contributed by atoms with Crippen LogP contribution in [0.25, 0.3) is 0 Å². The molecule has 9 heteroatoms.